The van der Waals surface area contributed by atoms with Crippen molar-refractivity contribution in [2.75, 3.05) is 12.4 Å². The van der Waals surface area contributed by atoms with Crippen LogP contribution in [0, 0.1) is 0 Å². The van der Waals surface area contributed by atoms with E-state index in [1.54, 1.807) is 0 Å². The zero-order chi connectivity index (χ0) is 14.7. The number of anilines is 1. The quantitative estimate of drug-likeness (QED) is 0.874. The van der Waals surface area contributed by atoms with Crippen molar-refractivity contribution in [1.29, 1.82) is 0 Å². The van der Waals surface area contributed by atoms with Crippen molar-refractivity contribution in [2.24, 2.45) is 0 Å². The molecule has 0 bridgehead atoms. The highest BCUT2D eigenvalue weighted by Gasteiger charge is 2.16. The summed E-state index contributed by atoms with van der Waals surface area (Å²) in [6.07, 6.45) is 1.42. The number of nitrogens with zero attached hydrogens (tertiary/aromatic N) is 3. The molecule has 0 aliphatic rings. The lowest BCUT2D eigenvalue weighted by Gasteiger charge is -2.13. The fraction of sp³-hybridized carbons (Fsp3) is 0.273. The van der Waals surface area contributed by atoms with Gasteiger partial charge in [-0.15, -0.1) is 11.3 Å². The molecule has 2 aromatic heterocycles. The number of hydrogen-bond acceptors (Lipinski definition) is 7. The third-order valence-corrected chi connectivity index (χ3v) is 3.67. The second-order valence-electron chi connectivity index (χ2n) is 3.80. The van der Waals surface area contributed by atoms with Crippen molar-refractivity contribution in [3.8, 4) is 6.01 Å². The van der Waals surface area contributed by atoms with Gasteiger partial charge in [0.2, 0.25) is 0 Å². The van der Waals surface area contributed by atoms with Crippen molar-refractivity contribution >= 4 is 34.7 Å². The van der Waals surface area contributed by atoms with Gasteiger partial charge in [-0.1, -0.05) is 11.6 Å². The number of methoxy groups -OCH3 is 1. The Kier molecular flexibility index (Phi) is 4.35. The third kappa shape index (κ3) is 3.14. The van der Waals surface area contributed by atoms with Crippen molar-refractivity contribution in [2.45, 2.75) is 13.0 Å². The van der Waals surface area contributed by atoms with Crippen LogP contribution in [0.3, 0.4) is 0 Å². The van der Waals surface area contributed by atoms with Gasteiger partial charge in [0, 0.05) is 5.38 Å². The Morgan fingerprint density at radius 2 is 2.30 bits per heavy atom. The first-order valence-corrected chi connectivity index (χ1v) is 6.78. The van der Waals surface area contributed by atoms with Crippen LogP contribution < -0.4 is 10.1 Å². The standard InChI is InChI=1S/C11H11ClN4O3S/c1-5(9-15-7(4-20-9)10(17)18)14-8-6(12)3-13-11(16-8)19-2/h3-5H,1-2H3,(H,17,18)(H,13,14,16). The molecule has 2 rings (SSSR count). The number of carbonyl (C=O) groups is 1. The van der Waals surface area contributed by atoms with Crippen LogP contribution in [0.1, 0.15) is 28.5 Å². The van der Waals surface area contributed by atoms with Crippen LogP contribution in [0.15, 0.2) is 11.6 Å². The molecular weight excluding hydrogens is 304 g/mol. The summed E-state index contributed by atoms with van der Waals surface area (Å²) in [5, 5.41) is 14.3. The lowest BCUT2D eigenvalue weighted by Crippen LogP contribution is -2.09. The van der Waals surface area contributed by atoms with E-state index in [1.165, 1.54) is 30.0 Å². The Hall–Kier alpha value is -1.93. The Bertz CT molecular complexity index is 634. The number of hydrogen-bond donors (Lipinski definition) is 2. The van der Waals surface area contributed by atoms with Gasteiger partial charge in [0.1, 0.15) is 10.0 Å². The summed E-state index contributed by atoms with van der Waals surface area (Å²) in [5.74, 6) is -0.653. The van der Waals surface area contributed by atoms with Crippen LogP contribution in [0.25, 0.3) is 0 Å². The van der Waals surface area contributed by atoms with Gasteiger partial charge < -0.3 is 15.2 Å². The smallest absolute Gasteiger partial charge is 0.355 e. The molecule has 0 saturated carbocycles. The van der Waals surface area contributed by atoms with E-state index in [9.17, 15) is 4.79 Å². The zero-order valence-corrected chi connectivity index (χ0v) is 12.2. The summed E-state index contributed by atoms with van der Waals surface area (Å²) < 4.78 is 4.92. The molecule has 106 valence electrons. The van der Waals surface area contributed by atoms with E-state index in [0.717, 1.165) is 0 Å². The average molecular weight is 315 g/mol. The average Bonchev–Trinajstić information content (AvgIpc) is 2.91. The fourth-order valence-electron chi connectivity index (χ4n) is 1.40. The number of ether oxygens (including phenoxy) is 1. The minimum atomic E-state index is -1.05. The molecule has 0 aliphatic carbocycles. The molecule has 0 fully saturated rings. The van der Waals surface area contributed by atoms with Crippen LogP contribution in [0.4, 0.5) is 5.82 Å². The molecule has 1 atom stereocenters. The molecule has 0 radical (unpaired) electrons. The molecule has 0 saturated heterocycles. The highest BCUT2D eigenvalue weighted by atomic mass is 35.5. The number of thiazole rings is 1. The Balaban J connectivity index is 2.18. The number of rotatable bonds is 5. The van der Waals surface area contributed by atoms with Crippen molar-refractivity contribution < 1.29 is 14.6 Å². The van der Waals surface area contributed by atoms with E-state index in [-0.39, 0.29) is 17.7 Å². The minimum absolute atomic E-state index is 0.0185. The zero-order valence-electron chi connectivity index (χ0n) is 10.6. The highest BCUT2D eigenvalue weighted by molar-refractivity contribution is 7.09. The molecule has 20 heavy (non-hydrogen) atoms. The normalized spacial score (nSPS) is 11.9. The third-order valence-electron chi connectivity index (χ3n) is 2.37. The highest BCUT2D eigenvalue weighted by Crippen LogP contribution is 2.26. The summed E-state index contributed by atoms with van der Waals surface area (Å²) in [6.45, 7) is 1.83. The number of aromatic carboxylic acids is 1. The van der Waals surface area contributed by atoms with Gasteiger partial charge >= 0.3 is 12.0 Å². The van der Waals surface area contributed by atoms with Gasteiger partial charge in [0.25, 0.3) is 0 Å². The topological polar surface area (TPSA) is 97.2 Å². The van der Waals surface area contributed by atoms with E-state index in [1.807, 2.05) is 6.92 Å². The van der Waals surface area contributed by atoms with E-state index < -0.39 is 5.97 Å². The first-order chi connectivity index (χ1) is 9.51. The van der Waals surface area contributed by atoms with Crippen molar-refractivity contribution in [3.63, 3.8) is 0 Å². The van der Waals surface area contributed by atoms with E-state index in [4.69, 9.17) is 21.4 Å². The predicted molar refractivity (Wildman–Crippen MR) is 74.7 cm³/mol. The Morgan fingerprint density at radius 3 is 2.90 bits per heavy atom. The molecule has 2 N–H and O–H groups in total. The lowest BCUT2D eigenvalue weighted by molar-refractivity contribution is 0.0691. The van der Waals surface area contributed by atoms with Crippen molar-refractivity contribution in [1.82, 2.24) is 15.0 Å². The number of carboxylic acid groups (broad SMARTS) is 1. The van der Waals surface area contributed by atoms with Crippen molar-refractivity contribution in [3.05, 3.63) is 27.3 Å². The first-order valence-electron chi connectivity index (χ1n) is 5.53. The molecule has 7 nitrogen and oxygen atoms in total. The molecule has 2 aromatic rings. The van der Waals surface area contributed by atoms with Crippen LogP contribution in [-0.4, -0.2) is 33.1 Å². The van der Waals surface area contributed by atoms with Gasteiger partial charge in [-0.2, -0.15) is 4.98 Å². The Labute approximate surface area is 123 Å². The molecule has 9 heteroatoms. The van der Waals surface area contributed by atoms with Gasteiger partial charge in [-0.25, -0.2) is 14.8 Å². The predicted octanol–water partition coefficient (Wildman–Crippen LogP) is 2.47. The van der Waals surface area contributed by atoms with Crippen LogP contribution >= 0.6 is 22.9 Å². The second-order valence-corrected chi connectivity index (χ2v) is 5.09. The maximum absolute atomic E-state index is 10.8. The van der Waals surface area contributed by atoms with Gasteiger partial charge in [0.05, 0.1) is 19.3 Å². The maximum Gasteiger partial charge on any atom is 0.355 e. The van der Waals surface area contributed by atoms with Crippen LogP contribution in [-0.2, 0) is 0 Å². The molecule has 0 aliphatic heterocycles. The SMILES string of the molecule is COc1ncc(Cl)c(NC(C)c2nc(C(=O)O)cs2)n1. The first kappa shape index (κ1) is 14.5. The largest absolute Gasteiger partial charge is 0.476 e. The monoisotopic (exact) mass is 314 g/mol. The summed E-state index contributed by atoms with van der Waals surface area (Å²) in [4.78, 5) is 22.8. The van der Waals surface area contributed by atoms with Gasteiger partial charge in [0.15, 0.2) is 11.5 Å². The number of aromatic nitrogens is 3. The number of halogens is 1. The van der Waals surface area contributed by atoms with Crippen LogP contribution in [0.5, 0.6) is 6.01 Å². The maximum atomic E-state index is 10.8. The van der Waals surface area contributed by atoms with Gasteiger partial charge in [-0.05, 0) is 6.92 Å². The fourth-order valence-corrected chi connectivity index (χ4v) is 2.35. The molecule has 1 unspecified atom stereocenters. The molecule has 0 aromatic carbocycles. The summed E-state index contributed by atoms with van der Waals surface area (Å²) in [6, 6.07) is -0.0559. The summed E-state index contributed by atoms with van der Waals surface area (Å²) >= 11 is 7.24. The number of carboxylic acids is 1. The molecular formula is C11H11ClN4O3S. The minimum Gasteiger partial charge on any atom is -0.476 e. The van der Waals surface area contributed by atoms with E-state index in [2.05, 4.69) is 20.3 Å². The summed E-state index contributed by atoms with van der Waals surface area (Å²) in [5.41, 5.74) is 0.0185. The second kappa shape index (κ2) is 6.02. The van der Waals surface area contributed by atoms with Crippen LogP contribution in [0.2, 0.25) is 5.02 Å². The molecule has 0 amide bonds. The van der Waals surface area contributed by atoms with E-state index >= 15 is 0 Å². The van der Waals surface area contributed by atoms with Gasteiger partial charge in [-0.3, -0.25) is 0 Å². The Morgan fingerprint density at radius 1 is 1.55 bits per heavy atom. The molecule has 0 spiro atoms. The number of nitrogens with one attached hydrogen (secondary N) is 1. The molecule has 2 heterocycles. The summed E-state index contributed by atoms with van der Waals surface area (Å²) in [7, 11) is 1.45. The lowest BCUT2D eigenvalue weighted by atomic mass is 10.3. The van der Waals surface area contributed by atoms with E-state index in [0.29, 0.717) is 15.8 Å².